The largest absolute Gasteiger partial charge is 0.340 e. The van der Waals surface area contributed by atoms with E-state index in [1.165, 1.54) is 0 Å². The monoisotopic (exact) mass is 943 g/mol. The van der Waals surface area contributed by atoms with Crippen LogP contribution >= 0.6 is 0 Å². The fraction of sp³-hybridized carbons (Fsp3) is 0.370. The molecule has 2 aromatic heterocycles. The number of carbonyl (C=O) groups excluding carboxylic acids is 4. The molecule has 4 saturated heterocycles. The van der Waals surface area contributed by atoms with E-state index < -0.39 is 12.1 Å². The zero-order valence-electron chi connectivity index (χ0n) is 40.0. The standard InChI is InChI=1S/C54H62N12O4/c1-61-27-31-63(32-28-61)53(69)59-47(41-11-5-3-6-12-41)51(67)65-25-9-15-45(65)49-55-35-43(57-49)39-21-17-37(18-22-39)38-19-23-40(24-20-38)44-36-56-50(58-44)46-16-10-26-66(46)52(68)48(42-13-7-4-8-14-42)60-54(70)64-33-29-62(2)30-34-64/h3-8,11-14,17-24,35-36,45-48H,9-10,15-16,25-34H2,1-2H3,(H,55,57)(H,56,58)(H,59,69)(H,60,70)/t45-,46-,47+,48+/m0/s1. The van der Waals surface area contributed by atoms with Gasteiger partial charge < -0.3 is 50.0 Å². The van der Waals surface area contributed by atoms with Crippen molar-refractivity contribution in [3.05, 3.63) is 144 Å². The number of hydrogen-bond donors (Lipinski definition) is 4. The van der Waals surface area contributed by atoms with Crippen LogP contribution in [-0.2, 0) is 9.59 Å². The molecule has 16 nitrogen and oxygen atoms in total. The quantitative estimate of drug-likeness (QED) is 0.109. The lowest BCUT2D eigenvalue weighted by molar-refractivity contribution is -0.135. The zero-order valence-corrected chi connectivity index (χ0v) is 40.0. The highest BCUT2D eigenvalue weighted by atomic mass is 16.2. The van der Waals surface area contributed by atoms with Gasteiger partial charge in [0.05, 0.1) is 35.9 Å². The Morgan fingerprint density at radius 1 is 0.486 bits per heavy atom. The Kier molecular flexibility index (Phi) is 13.8. The third-order valence-corrected chi connectivity index (χ3v) is 14.5. The Labute approximate surface area is 409 Å². The van der Waals surface area contributed by atoms with Crippen LogP contribution in [0.15, 0.2) is 122 Å². The molecule has 4 aliphatic rings. The molecule has 4 aromatic carbocycles. The van der Waals surface area contributed by atoms with Crippen molar-refractivity contribution in [2.45, 2.75) is 49.9 Å². The number of aromatic nitrogens is 4. The van der Waals surface area contributed by atoms with E-state index in [9.17, 15) is 19.2 Å². The summed E-state index contributed by atoms with van der Waals surface area (Å²) in [6.45, 7) is 6.81. The van der Waals surface area contributed by atoms with Gasteiger partial charge in [-0.3, -0.25) is 9.59 Å². The van der Waals surface area contributed by atoms with Crippen LogP contribution in [-0.4, -0.2) is 153 Å². The minimum absolute atomic E-state index is 0.137. The van der Waals surface area contributed by atoms with E-state index in [-0.39, 0.29) is 36.0 Å². The SMILES string of the molecule is CN1CCN(C(=O)N[C@@H](C(=O)N2CCC[C@H]2c2ncc(-c3ccc(-c4ccc(-c5cnc([C@@H]6CCCN6C(=O)[C@H](NC(=O)N6CCN(C)CC6)c6ccccc6)[nH]5)cc4)cc3)[nH]2)c2ccccc2)CC1. The summed E-state index contributed by atoms with van der Waals surface area (Å²) in [7, 11) is 4.10. The molecule has 70 heavy (non-hydrogen) atoms. The van der Waals surface area contributed by atoms with E-state index in [4.69, 9.17) is 9.97 Å². The van der Waals surface area contributed by atoms with Gasteiger partial charge in [-0.1, -0.05) is 109 Å². The van der Waals surface area contributed by atoms with Crippen molar-refractivity contribution in [2.24, 2.45) is 0 Å². The summed E-state index contributed by atoms with van der Waals surface area (Å²) in [5.41, 5.74) is 7.32. The van der Waals surface area contributed by atoms with Gasteiger partial charge in [0.15, 0.2) is 0 Å². The van der Waals surface area contributed by atoms with Gasteiger partial charge in [-0.05, 0) is 73.2 Å². The summed E-state index contributed by atoms with van der Waals surface area (Å²) < 4.78 is 0. The summed E-state index contributed by atoms with van der Waals surface area (Å²) in [5, 5.41) is 6.17. The third-order valence-electron chi connectivity index (χ3n) is 14.5. The summed E-state index contributed by atoms with van der Waals surface area (Å²) in [6.07, 6.45) is 6.88. The van der Waals surface area contributed by atoms with Crippen molar-refractivity contribution in [3.8, 4) is 33.6 Å². The Bertz CT molecular complexity index is 2560. The second kappa shape index (κ2) is 20.7. The average Bonchev–Trinajstić information content (AvgIpc) is 4.26. The van der Waals surface area contributed by atoms with Crippen LogP contribution in [0.5, 0.6) is 0 Å². The maximum absolute atomic E-state index is 14.4. The molecular weight excluding hydrogens is 881 g/mol. The van der Waals surface area contributed by atoms with Crippen molar-refractivity contribution < 1.29 is 19.2 Å². The molecule has 4 fully saturated rings. The Balaban J connectivity index is 0.785. The number of nitrogens with zero attached hydrogens (tertiary/aromatic N) is 8. The fourth-order valence-electron chi connectivity index (χ4n) is 10.3. The van der Waals surface area contributed by atoms with Gasteiger partial charge in [0.25, 0.3) is 0 Å². The number of likely N-dealkylation sites (tertiary alicyclic amines) is 2. The number of benzene rings is 4. The summed E-state index contributed by atoms with van der Waals surface area (Å²) >= 11 is 0. The zero-order chi connectivity index (χ0) is 48.1. The molecule has 0 spiro atoms. The predicted molar refractivity (Wildman–Crippen MR) is 268 cm³/mol. The number of likely N-dealkylation sites (N-methyl/N-ethyl adjacent to an activating group) is 2. The molecule has 6 amide bonds. The fourth-order valence-corrected chi connectivity index (χ4v) is 10.3. The number of carbonyl (C=O) groups is 4. The maximum atomic E-state index is 14.4. The second-order valence-electron chi connectivity index (χ2n) is 19.1. The maximum Gasteiger partial charge on any atom is 0.318 e. The first-order chi connectivity index (χ1) is 34.2. The van der Waals surface area contributed by atoms with Crippen molar-refractivity contribution in [1.29, 1.82) is 0 Å². The Hall–Kier alpha value is -7.30. The molecule has 6 aromatic rings. The smallest absolute Gasteiger partial charge is 0.318 e. The van der Waals surface area contributed by atoms with E-state index in [1.807, 2.05) is 97.0 Å². The van der Waals surface area contributed by atoms with Crippen LogP contribution < -0.4 is 10.6 Å². The minimum atomic E-state index is -0.809. The molecule has 4 N–H and O–H groups in total. The molecule has 6 heterocycles. The molecule has 0 radical (unpaired) electrons. The first-order valence-corrected chi connectivity index (χ1v) is 24.7. The molecule has 16 heteroatoms. The molecule has 0 bridgehead atoms. The number of urea groups is 2. The number of amides is 6. The number of aromatic amines is 2. The highest BCUT2D eigenvalue weighted by Gasteiger charge is 2.39. The first kappa shape index (κ1) is 46.4. The van der Waals surface area contributed by atoms with Gasteiger partial charge in [0, 0.05) is 65.4 Å². The van der Waals surface area contributed by atoms with Crippen molar-refractivity contribution in [3.63, 3.8) is 0 Å². The number of piperazine rings is 2. The lowest BCUT2D eigenvalue weighted by Gasteiger charge is -2.34. The van der Waals surface area contributed by atoms with Gasteiger partial charge in [0.2, 0.25) is 11.8 Å². The molecular formula is C54H62N12O4. The summed E-state index contributed by atoms with van der Waals surface area (Å²) in [6, 6.07) is 33.2. The number of nitrogens with one attached hydrogen (secondary N) is 4. The Morgan fingerprint density at radius 2 is 0.843 bits per heavy atom. The lowest BCUT2D eigenvalue weighted by atomic mass is 10.0. The molecule has 362 valence electrons. The topological polar surface area (TPSA) is 169 Å². The predicted octanol–water partition coefficient (Wildman–Crippen LogP) is 6.86. The molecule has 10 rings (SSSR count). The van der Waals surface area contributed by atoms with Crippen LogP contribution in [0.2, 0.25) is 0 Å². The van der Waals surface area contributed by atoms with Crippen molar-refractivity contribution in [1.82, 2.24) is 60.0 Å². The lowest BCUT2D eigenvalue weighted by Crippen LogP contribution is -2.53. The van der Waals surface area contributed by atoms with Gasteiger partial charge in [-0.15, -0.1) is 0 Å². The summed E-state index contributed by atoms with van der Waals surface area (Å²) in [4.78, 5) is 84.1. The minimum Gasteiger partial charge on any atom is -0.340 e. The van der Waals surface area contributed by atoms with Gasteiger partial charge >= 0.3 is 12.1 Å². The van der Waals surface area contributed by atoms with Crippen molar-refractivity contribution in [2.75, 3.05) is 79.5 Å². The molecule has 0 unspecified atom stereocenters. The van der Waals surface area contributed by atoms with Crippen LogP contribution in [0.3, 0.4) is 0 Å². The van der Waals surface area contributed by atoms with Gasteiger partial charge in [-0.2, -0.15) is 0 Å². The van der Waals surface area contributed by atoms with Crippen LogP contribution in [0.25, 0.3) is 33.6 Å². The van der Waals surface area contributed by atoms with Gasteiger partial charge in [-0.25, -0.2) is 19.6 Å². The van der Waals surface area contributed by atoms with Crippen molar-refractivity contribution >= 4 is 23.9 Å². The van der Waals surface area contributed by atoms with E-state index in [1.54, 1.807) is 9.80 Å². The van der Waals surface area contributed by atoms with Crippen LogP contribution in [0.1, 0.15) is 72.6 Å². The number of rotatable bonds is 11. The van der Waals surface area contributed by atoms with E-state index >= 15 is 0 Å². The third kappa shape index (κ3) is 10.1. The molecule has 4 atom stereocenters. The molecule has 4 aliphatic heterocycles. The number of imidazole rings is 2. The first-order valence-electron chi connectivity index (χ1n) is 24.7. The Morgan fingerprint density at radius 3 is 1.21 bits per heavy atom. The molecule has 0 aliphatic carbocycles. The normalized spacial score (nSPS) is 19.8. The highest BCUT2D eigenvalue weighted by molar-refractivity contribution is 5.90. The van der Waals surface area contributed by atoms with Gasteiger partial charge in [0.1, 0.15) is 23.7 Å². The molecule has 0 saturated carbocycles. The number of H-pyrrole nitrogens is 2. The number of hydrogen-bond acceptors (Lipinski definition) is 8. The van der Waals surface area contributed by atoms with E-state index in [0.29, 0.717) is 39.3 Å². The summed E-state index contributed by atoms with van der Waals surface area (Å²) in [5.74, 6) is 1.19. The van der Waals surface area contributed by atoms with E-state index in [2.05, 4.69) is 78.9 Å². The average molecular weight is 943 g/mol. The highest BCUT2D eigenvalue weighted by Crippen LogP contribution is 2.36. The van der Waals surface area contributed by atoms with Crippen LogP contribution in [0, 0.1) is 0 Å². The van der Waals surface area contributed by atoms with E-state index in [0.717, 1.165) is 108 Å². The van der Waals surface area contributed by atoms with Crippen LogP contribution in [0.4, 0.5) is 9.59 Å². The second-order valence-corrected chi connectivity index (χ2v) is 19.1.